The van der Waals surface area contributed by atoms with E-state index < -0.39 is 0 Å². The van der Waals surface area contributed by atoms with Crippen molar-refractivity contribution in [2.24, 2.45) is 40.2 Å². The molecule has 6 fully saturated rings. The Hall–Kier alpha value is -0.0400. The predicted molar refractivity (Wildman–Crippen MR) is 77.6 cm³/mol. The monoisotopic (exact) mass is 259 g/mol. The first-order valence-corrected chi connectivity index (χ1v) is 8.93. The molecule has 0 aromatic heterocycles. The highest BCUT2D eigenvalue weighted by Crippen LogP contribution is 2.69. The molecule has 0 aromatic carbocycles. The van der Waals surface area contributed by atoms with Crippen molar-refractivity contribution in [2.75, 3.05) is 0 Å². The van der Waals surface area contributed by atoms with Crippen molar-refractivity contribution < 1.29 is 0 Å². The minimum Gasteiger partial charge on any atom is -0.328 e. The molecule has 1 nitrogen and oxygen atoms in total. The van der Waals surface area contributed by atoms with Gasteiger partial charge in [-0.25, -0.2) is 0 Å². The summed E-state index contributed by atoms with van der Waals surface area (Å²) < 4.78 is 0. The topological polar surface area (TPSA) is 26.0 Å². The van der Waals surface area contributed by atoms with Crippen LogP contribution in [0.2, 0.25) is 0 Å². The molecule has 6 saturated carbocycles. The van der Waals surface area contributed by atoms with Gasteiger partial charge in [0.25, 0.3) is 0 Å². The molecular formula is C18H29N. The molecule has 0 saturated heterocycles. The largest absolute Gasteiger partial charge is 0.328 e. The fraction of sp³-hybridized carbons (Fsp3) is 1.00. The summed E-state index contributed by atoms with van der Waals surface area (Å²) in [4.78, 5) is 0. The summed E-state index contributed by atoms with van der Waals surface area (Å²) in [5, 5.41) is 0. The third-order valence-electron chi connectivity index (χ3n) is 8.40. The van der Waals surface area contributed by atoms with E-state index in [1.807, 2.05) is 0 Å². The van der Waals surface area contributed by atoms with Crippen LogP contribution in [0.25, 0.3) is 0 Å². The summed E-state index contributed by atoms with van der Waals surface area (Å²) in [6.45, 7) is 0. The van der Waals surface area contributed by atoms with Crippen LogP contribution in [-0.2, 0) is 0 Å². The van der Waals surface area contributed by atoms with Crippen LogP contribution in [0.1, 0.15) is 70.6 Å². The summed E-state index contributed by atoms with van der Waals surface area (Å²) in [7, 11) is 0. The Labute approximate surface area is 117 Å². The average Bonchev–Trinajstić information content (AvgIpc) is 2.35. The van der Waals surface area contributed by atoms with E-state index in [0.717, 1.165) is 34.5 Å². The molecule has 0 heterocycles. The molecule has 0 aliphatic heterocycles. The van der Waals surface area contributed by atoms with Gasteiger partial charge in [0.05, 0.1) is 0 Å². The number of hydrogen-bond donors (Lipinski definition) is 1. The third kappa shape index (κ3) is 1.46. The third-order valence-corrected chi connectivity index (χ3v) is 8.40. The lowest BCUT2D eigenvalue weighted by Gasteiger charge is -2.65. The van der Waals surface area contributed by atoms with Gasteiger partial charge in [0.15, 0.2) is 0 Å². The minimum atomic E-state index is 0.549. The van der Waals surface area contributed by atoms with Crippen molar-refractivity contribution in [3.8, 4) is 0 Å². The predicted octanol–water partition coefficient (Wildman–Crippen LogP) is 4.11. The van der Waals surface area contributed by atoms with Crippen molar-refractivity contribution in [1.29, 1.82) is 0 Å². The molecule has 4 bridgehead atoms. The van der Waals surface area contributed by atoms with E-state index in [-0.39, 0.29) is 0 Å². The first-order valence-electron chi connectivity index (χ1n) is 8.93. The van der Waals surface area contributed by atoms with Gasteiger partial charge in [0, 0.05) is 6.04 Å². The van der Waals surface area contributed by atoms with Crippen LogP contribution in [0.4, 0.5) is 0 Å². The molecule has 2 spiro atoms. The number of hydrogen-bond acceptors (Lipinski definition) is 1. The zero-order valence-corrected chi connectivity index (χ0v) is 12.2. The summed E-state index contributed by atoms with van der Waals surface area (Å²) in [6, 6.07) is 0.549. The van der Waals surface area contributed by atoms with E-state index in [0.29, 0.717) is 6.04 Å². The zero-order chi connectivity index (χ0) is 12.7. The Morgan fingerprint density at radius 2 is 1.21 bits per heavy atom. The molecule has 19 heavy (non-hydrogen) atoms. The maximum Gasteiger partial charge on any atom is 0.00494 e. The lowest BCUT2D eigenvalue weighted by atomic mass is 9.40. The fourth-order valence-electron chi connectivity index (χ4n) is 7.65. The van der Waals surface area contributed by atoms with Crippen LogP contribution < -0.4 is 5.73 Å². The average molecular weight is 259 g/mol. The number of nitrogens with two attached hydrogens (primary N) is 1. The Balaban J connectivity index is 1.38. The highest BCUT2D eigenvalue weighted by Gasteiger charge is 2.59. The summed E-state index contributed by atoms with van der Waals surface area (Å²) in [6.07, 6.45) is 17.0. The van der Waals surface area contributed by atoms with Gasteiger partial charge in [0.2, 0.25) is 0 Å². The van der Waals surface area contributed by atoms with Gasteiger partial charge in [-0.2, -0.15) is 0 Å². The maximum atomic E-state index is 6.07. The van der Waals surface area contributed by atoms with Gasteiger partial charge in [-0.15, -0.1) is 0 Å². The number of rotatable bonds is 0. The highest BCUT2D eigenvalue weighted by atomic mass is 14.7. The Morgan fingerprint density at radius 1 is 0.684 bits per heavy atom. The molecule has 0 atom stereocenters. The van der Waals surface area contributed by atoms with E-state index in [2.05, 4.69) is 0 Å². The standard InChI is InChI=1S/C18H29N/c19-16-10-17(11-16)1-3-18(4-2-17)14-6-12-5-13(8-14)9-15(18)7-12/h12-16H,1-11,19H2. The SMILES string of the molecule is NC1CC2(CCC3(CC2)C2CC4CC(C2)CC3C4)C1. The van der Waals surface area contributed by atoms with Gasteiger partial charge in [-0.3, -0.25) is 0 Å². The molecule has 2 N–H and O–H groups in total. The van der Waals surface area contributed by atoms with Crippen LogP contribution in [0.15, 0.2) is 0 Å². The van der Waals surface area contributed by atoms with E-state index in [1.54, 1.807) is 44.9 Å². The maximum absolute atomic E-state index is 6.07. The second kappa shape index (κ2) is 3.59. The Bertz CT molecular complexity index is 352. The minimum absolute atomic E-state index is 0.549. The van der Waals surface area contributed by atoms with Crippen molar-refractivity contribution in [3.63, 3.8) is 0 Å². The van der Waals surface area contributed by atoms with Crippen LogP contribution in [-0.4, -0.2) is 6.04 Å². The summed E-state index contributed by atoms with van der Waals surface area (Å²) >= 11 is 0. The van der Waals surface area contributed by atoms with E-state index in [4.69, 9.17) is 5.73 Å². The van der Waals surface area contributed by atoms with Crippen molar-refractivity contribution >= 4 is 0 Å². The van der Waals surface area contributed by atoms with Crippen LogP contribution >= 0.6 is 0 Å². The van der Waals surface area contributed by atoms with Crippen LogP contribution in [0.5, 0.6) is 0 Å². The zero-order valence-electron chi connectivity index (χ0n) is 12.2. The summed E-state index contributed by atoms with van der Waals surface area (Å²) in [5.74, 6) is 4.55. The second-order valence-electron chi connectivity index (χ2n) is 9.21. The molecule has 6 aliphatic rings. The van der Waals surface area contributed by atoms with E-state index in [9.17, 15) is 0 Å². The molecule has 0 radical (unpaired) electrons. The van der Waals surface area contributed by atoms with Crippen LogP contribution in [0.3, 0.4) is 0 Å². The smallest absolute Gasteiger partial charge is 0.00494 e. The second-order valence-corrected chi connectivity index (χ2v) is 9.21. The quantitative estimate of drug-likeness (QED) is 0.696. The van der Waals surface area contributed by atoms with Gasteiger partial charge in [0.1, 0.15) is 0 Å². The van der Waals surface area contributed by atoms with E-state index >= 15 is 0 Å². The molecular weight excluding hydrogens is 230 g/mol. The fourth-order valence-corrected chi connectivity index (χ4v) is 7.65. The molecule has 0 aromatic rings. The molecule has 1 heteroatoms. The summed E-state index contributed by atoms with van der Waals surface area (Å²) in [5.41, 5.74) is 7.61. The van der Waals surface area contributed by atoms with Gasteiger partial charge >= 0.3 is 0 Å². The highest BCUT2D eigenvalue weighted by molar-refractivity contribution is 5.10. The Kier molecular flexibility index (Phi) is 2.19. The normalized spacial score (nSPS) is 62.7. The molecule has 0 unspecified atom stereocenters. The Morgan fingerprint density at radius 3 is 1.68 bits per heavy atom. The van der Waals surface area contributed by atoms with Crippen molar-refractivity contribution in [2.45, 2.75) is 76.7 Å². The van der Waals surface area contributed by atoms with Gasteiger partial charge in [-0.1, -0.05) is 0 Å². The molecule has 106 valence electrons. The van der Waals surface area contributed by atoms with Gasteiger partial charge < -0.3 is 5.73 Å². The first kappa shape index (κ1) is 11.6. The lowest BCUT2D eigenvalue weighted by molar-refractivity contribution is -0.150. The molecule has 6 rings (SSSR count). The lowest BCUT2D eigenvalue weighted by Crippen LogP contribution is -2.57. The van der Waals surface area contributed by atoms with E-state index in [1.165, 1.54) is 25.7 Å². The van der Waals surface area contributed by atoms with Crippen molar-refractivity contribution in [3.05, 3.63) is 0 Å². The van der Waals surface area contributed by atoms with Gasteiger partial charge in [-0.05, 0) is 105 Å². The molecule has 6 aliphatic carbocycles. The van der Waals surface area contributed by atoms with Crippen molar-refractivity contribution in [1.82, 2.24) is 0 Å². The first-order chi connectivity index (χ1) is 9.18. The molecule has 0 amide bonds. The van der Waals surface area contributed by atoms with Crippen LogP contribution in [0, 0.1) is 34.5 Å².